The molecule has 0 bridgehead atoms. The molecule has 11 heteroatoms. The lowest BCUT2D eigenvalue weighted by Gasteiger charge is -2.10. The third kappa shape index (κ3) is 7.73. The second-order valence-corrected chi connectivity index (χ2v) is 7.02. The smallest absolute Gasteiger partial charge is 0.382 e. The first-order valence-electron chi connectivity index (χ1n) is 8.18. The van der Waals surface area contributed by atoms with Crippen molar-refractivity contribution in [3.63, 3.8) is 0 Å². The van der Waals surface area contributed by atoms with Crippen molar-refractivity contribution in [1.29, 1.82) is 0 Å². The number of nitrogens with one attached hydrogen (secondary N) is 3. The lowest BCUT2D eigenvalue weighted by atomic mass is 10.1. The maximum atomic E-state index is 11.7. The summed E-state index contributed by atoms with van der Waals surface area (Å²) < 4.78 is 9.66. The topological polar surface area (TPSA) is 125 Å². The Morgan fingerprint density at radius 1 is 1.36 bits per heavy atom. The van der Waals surface area contributed by atoms with Crippen LogP contribution in [0.3, 0.4) is 0 Å². The van der Waals surface area contributed by atoms with Gasteiger partial charge in [0, 0.05) is 35.8 Å². The van der Waals surface area contributed by atoms with Gasteiger partial charge in [-0.2, -0.15) is 9.36 Å². The second kappa shape index (κ2) is 11.0. The quantitative estimate of drug-likeness (QED) is 0.222. The molecular weight excluding hydrogens is 402 g/mol. The van der Waals surface area contributed by atoms with Gasteiger partial charge in [-0.05, 0) is 37.2 Å². The Morgan fingerprint density at radius 2 is 2.18 bits per heavy atom. The molecule has 0 saturated carbocycles. The van der Waals surface area contributed by atoms with Crippen LogP contribution in [0, 0.1) is 25.0 Å². The molecule has 0 radical (unpaired) electrons. The number of hydrazine groups is 1. The first-order valence-corrected chi connectivity index (χ1v) is 9.77. The summed E-state index contributed by atoms with van der Waals surface area (Å²) in [4.78, 5) is 26.1. The molecule has 0 atom stereocenters. The molecule has 0 unspecified atom stereocenters. The number of rotatable bonds is 8. The Hall–Kier alpha value is -2.97. The van der Waals surface area contributed by atoms with Crippen LogP contribution in [-0.4, -0.2) is 39.6 Å². The van der Waals surface area contributed by atoms with Gasteiger partial charge in [-0.3, -0.25) is 5.43 Å². The van der Waals surface area contributed by atoms with Crippen LogP contribution in [-0.2, 0) is 4.79 Å². The van der Waals surface area contributed by atoms with E-state index in [1.807, 2.05) is 31.9 Å². The number of carboxylic acid groups (broad SMARTS) is 1. The van der Waals surface area contributed by atoms with E-state index in [0.29, 0.717) is 29.9 Å². The molecule has 0 fully saturated rings. The molecule has 1 aromatic carbocycles. The Balaban J connectivity index is 1.61. The molecule has 0 spiro atoms. The number of thioether (sulfide) groups is 1. The predicted octanol–water partition coefficient (Wildman–Crippen LogP) is 2.39. The summed E-state index contributed by atoms with van der Waals surface area (Å²) in [5.74, 6) is 1.57. The minimum Gasteiger partial charge on any atom is -0.493 e. The molecule has 2 amide bonds. The van der Waals surface area contributed by atoms with Gasteiger partial charge in [0.25, 0.3) is 0 Å². The third-order valence-corrected chi connectivity index (χ3v) is 4.50. The monoisotopic (exact) mass is 421 g/mol. The van der Waals surface area contributed by atoms with Crippen molar-refractivity contribution in [3.05, 3.63) is 29.3 Å². The summed E-state index contributed by atoms with van der Waals surface area (Å²) >= 11 is 1.90. The Kier molecular flexibility index (Phi) is 8.38. The van der Waals surface area contributed by atoms with Crippen LogP contribution in [0.2, 0.25) is 0 Å². The number of nitrogens with zero attached hydrogens (tertiary/aromatic N) is 2. The van der Waals surface area contributed by atoms with Gasteiger partial charge in [0.05, 0.1) is 6.61 Å². The number of ether oxygens (including phenoxy) is 1. The van der Waals surface area contributed by atoms with Gasteiger partial charge in [0.2, 0.25) is 10.3 Å². The summed E-state index contributed by atoms with van der Waals surface area (Å²) in [6.45, 7) is 4.96. The highest BCUT2D eigenvalue weighted by atomic mass is 32.2. The zero-order valence-corrected chi connectivity index (χ0v) is 16.9. The fourth-order valence-electron chi connectivity index (χ4n) is 1.99. The Morgan fingerprint density at radius 3 is 2.93 bits per heavy atom. The number of urea groups is 1. The van der Waals surface area contributed by atoms with E-state index in [4.69, 9.17) is 9.84 Å². The van der Waals surface area contributed by atoms with Gasteiger partial charge in [0.15, 0.2) is 0 Å². The molecule has 2 rings (SSSR count). The number of aryl methyl sites for hydroxylation is 2. The van der Waals surface area contributed by atoms with E-state index in [-0.39, 0.29) is 0 Å². The predicted molar refractivity (Wildman–Crippen MR) is 107 cm³/mol. The first kappa shape index (κ1) is 21.3. The van der Waals surface area contributed by atoms with E-state index >= 15 is 0 Å². The standard InChI is InChI=1S/C17H19N5O4S2/c1-11-4-5-13(12(2)10-11)26-8-3-7-18-15(25)20-21-16-19-17(22-28-16)27-9-6-14(23)24/h4-5,10H,3,7-8H2,1-2H3,(H,23,24)(H2,18,20,25)(H,19,21,22). The van der Waals surface area contributed by atoms with Crippen molar-refractivity contribution in [2.45, 2.75) is 25.4 Å². The van der Waals surface area contributed by atoms with Crippen LogP contribution in [0.25, 0.3) is 0 Å². The highest BCUT2D eigenvalue weighted by Gasteiger charge is 2.05. The number of carbonyl (C=O) groups excluding carboxylic acids is 1. The maximum Gasteiger partial charge on any atom is 0.382 e. The molecule has 0 aliphatic carbocycles. The van der Waals surface area contributed by atoms with Gasteiger partial charge < -0.3 is 15.2 Å². The van der Waals surface area contributed by atoms with Gasteiger partial charge in [-0.1, -0.05) is 17.7 Å². The molecule has 4 N–H and O–H groups in total. The highest BCUT2D eigenvalue weighted by molar-refractivity contribution is 8.03. The summed E-state index contributed by atoms with van der Waals surface area (Å²) in [7, 11) is 0. The zero-order chi connectivity index (χ0) is 20.4. The zero-order valence-electron chi connectivity index (χ0n) is 15.2. The molecule has 1 heterocycles. The van der Waals surface area contributed by atoms with E-state index in [0.717, 1.165) is 34.6 Å². The SMILES string of the molecule is Cc1ccc(OCCCNC(=O)NNc2nc(SC#CC(=O)O)ns2)c(C)c1. The molecule has 1 aromatic heterocycles. The van der Waals surface area contributed by atoms with Crippen molar-refractivity contribution < 1.29 is 19.4 Å². The molecule has 9 nitrogen and oxygen atoms in total. The number of benzene rings is 1. The lowest BCUT2D eigenvalue weighted by Crippen LogP contribution is -2.39. The van der Waals surface area contributed by atoms with Gasteiger partial charge in [-0.15, -0.1) is 0 Å². The van der Waals surface area contributed by atoms with Crippen LogP contribution in [0.5, 0.6) is 5.75 Å². The summed E-state index contributed by atoms with van der Waals surface area (Å²) in [5.41, 5.74) is 7.32. The summed E-state index contributed by atoms with van der Waals surface area (Å²) in [6, 6.07) is 5.58. The number of carbonyl (C=O) groups is 2. The Labute approximate surface area is 170 Å². The van der Waals surface area contributed by atoms with Crippen molar-refractivity contribution in [2.24, 2.45) is 0 Å². The minimum absolute atomic E-state index is 0.298. The van der Waals surface area contributed by atoms with E-state index in [1.165, 1.54) is 5.56 Å². The molecule has 0 aliphatic heterocycles. The fourth-order valence-corrected chi connectivity index (χ4v) is 3.10. The molecule has 0 aliphatic rings. The molecular formula is C17H19N5O4S2. The van der Waals surface area contributed by atoms with Crippen LogP contribution < -0.4 is 20.9 Å². The van der Waals surface area contributed by atoms with E-state index in [9.17, 15) is 9.59 Å². The van der Waals surface area contributed by atoms with Gasteiger partial charge in [-0.25, -0.2) is 15.0 Å². The van der Waals surface area contributed by atoms with E-state index in [1.54, 1.807) is 0 Å². The maximum absolute atomic E-state index is 11.7. The average molecular weight is 422 g/mol. The van der Waals surface area contributed by atoms with E-state index < -0.39 is 12.0 Å². The Bertz CT molecular complexity index is 891. The molecule has 148 valence electrons. The molecule has 0 saturated heterocycles. The number of anilines is 1. The van der Waals surface area contributed by atoms with Crippen molar-refractivity contribution in [2.75, 3.05) is 18.6 Å². The van der Waals surface area contributed by atoms with Crippen molar-refractivity contribution in [1.82, 2.24) is 20.1 Å². The van der Waals surface area contributed by atoms with Gasteiger partial charge >= 0.3 is 12.0 Å². The molecule has 2 aromatic rings. The van der Waals surface area contributed by atoms with Crippen LogP contribution in [0.4, 0.5) is 9.93 Å². The normalized spacial score (nSPS) is 9.79. The molecule has 28 heavy (non-hydrogen) atoms. The number of hydrogen-bond donors (Lipinski definition) is 4. The van der Waals surface area contributed by atoms with Crippen LogP contribution in [0.15, 0.2) is 23.4 Å². The second-order valence-electron chi connectivity index (χ2n) is 5.49. The number of aromatic nitrogens is 2. The van der Waals surface area contributed by atoms with Crippen LogP contribution >= 0.6 is 23.3 Å². The minimum atomic E-state index is -1.22. The fraction of sp³-hybridized carbons (Fsp3) is 0.294. The number of aliphatic carboxylic acids is 1. The lowest BCUT2D eigenvalue weighted by molar-refractivity contribution is -0.130. The van der Waals surface area contributed by atoms with E-state index in [2.05, 4.69) is 36.8 Å². The highest BCUT2D eigenvalue weighted by Crippen LogP contribution is 2.19. The summed E-state index contributed by atoms with van der Waals surface area (Å²) in [6.07, 6.45) is 0.655. The van der Waals surface area contributed by atoms with Crippen molar-refractivity contribution in [3.8, 4) is 16.9 Å². The van der Waals surface area contributed by atoms with Crippen molar-refractivity contribution >= 4 is 40.4 Å². The van der Waals surface area contributed by atoms with Gasteiger partial charge in [0.1, 0.15) is 5.75 Å². The summed E-state index contributed by atoms with van der Waals surface area (Å²) in [5, 5.41) is 14.1. The number of hydrogen-bond acceptors (Lipinski definition) is 8. The first-order chi connectivity index (χ1) is 13.4. The average Bonchev–Trinajstić information content (AvgIpc) is 3.09. The number of carboxylic acids is 1. The third-order valence-electron chi connectivity index (χ3n) is 3.19. The van der Waals surface area contributed by atoms with Crippen LogP contribution in [0.1, 0.15) is 17.5 Å². The largest absolute Gasteiger partial charge is 0.493 e. The number of amides is 2.